The van der Waals surface area contributed by atoms with Crippen molar-refractivity contribution in [3.05, 3.63) is 71.0 Å². The minimum Gasteiger partial charge on any atom is -0.459 e. The number of nitrogens with one attached hydrogen (secondary N) is 1. The van der Waals surface area contributed by atoms with Crippen molar-refractivity contribution in [3.63, 3.8) is 0 Å². The van der Waals surface area contributed by atoms with Crippen LogP contribution in [0, 0.1) is 0 Å². The van der Waals surface area contributed by atoms with Gasteiger partial charge in [-0.1, -0.05) is 36.4 Å². The molecule has 0 saturated heterocycles. The molecule has 0 amide bonds. The maximum atomic E-state index is 5.95. The van der Waals surface area contributed by atoms with Crippen LogP contribution >= 0.6 is 0 Å². The molecule has 1 heterocycles. The van der Waals surface area contributed by atoms with E-state index in [0.717, 1.165) is 22.3 Å². The Kier molecular flexibility index (Phi) is 3.02. The highest BCUT2D eigenvalue weighted by Crippen LogP contribution is 2.31. The van der Waals surface area contributed by atoms with Gasteiger partial charge in [-0.3, -0.25) is 5.84 Å². The summed E-state index contributed by atoms with van der Waals surface area (Å²) in [6, 6.07) is 16.6. The Morgan fingerprint density at radius 2 is 1.86 bits per heavy atom. The molecular formula is C18H18N2O. The monoisotopic (exact) mass is 278 g/mol. The van der Waals surface area contributed by atoms with Crippen LogP contribution in [0.25, 0.3) is 11.0 Å². The zero-order chi connectivity index (χ0) is 14.2. The summed E-state index contributed by atoms with van der Waals surface area (Å²) in [6.07, 6.45) is 3.62. The predicted molar refractivity (Wildman–Crippen MR) is 83.8 cm³/mol. The summed E-state index contributed by atoms with van der Waals surface area (Å²) in [5, 5.41) is 1.11. The number of benzene rings is 2. The second-order valence-electron chi connectivity index (χ2n) is 5.67. The minimum absolute atomic E-state index is 0.108. The molecule has 2 aromatic carbocycles. The molecule has 0 saturated carbocycles. The van der Waals surface area contributed by atoms with Gasteiger partial charge in [-0.15, -0.1) is 0 Å². The molecule has 1 aliphatic rings. The number of rotatable bonds is 3. The maximum absolute atomic E-state index is 5.95. The molecule has 3 heteroatoms. The number of hydrogen-bond acceptors (Lipinski definition) is 3. The molecule has 0 spiro atoms. The highest BCUT2D eigenvalue weighted by Gasteiger charge is 2.19. The molecule has 1 aliphatic carbocycles. The Morgan fingerprint density at radius 1 is 1.00 bits per heavy atom. The molecule has 1 atom stereocenters. The SMILES string of the molecule is NNC(c1ccc2c(c1)CCC2)c1cc2ccccc2o1. The quantitative estimate of drug-likeness (QED) is 0.569. The average molecular weight is 278 g/mol. The van der Waals surface area contributed by atoms with Crippen molar-refractivity contribution < 1.29 is 4.42 Å². The van der Waals surface area contributed by atoms with E-state index < -0.39 is 0 Å². The highest BCUT2D eigenvalue weighted by atomic mass is 16.3. The molecule has 0 radical (unpaired) electrons. The molecule has 4 rings (SSSR count). The summed E-state index contributed by atoms with van der Waals surface area (Å²) < 4.78 is 5.95. The molecule has 0 aliphatic heterocycles. The number of furan rings is 1. The lowest BCUT2D eigenvalue weighted by Crippen LogP contribution is -2.28. The van der Waals surface area contributed by atoms with Crippen LogP contribution in [0.5, 0.6) is 0 Å². The van der Waals surface area contributed by atoms with Crippen molar-refractivity contribution >= 4 is 11.0 Å². The van der Waals surface area contributed by atoms with Crippen LogP contribution in [-0.4, -0.2) is 0 Å². The lowest BCUT2D eigenvalue weighted by Gasteiger charge is -2.15. The average Bonchev–Trinajstić information content (AvgIpc) is 3.13. The van der Waals surface area contributed by atoms with Crippen LogP contribution in [0.15, 0.2) is 52.9 Å². The van der Waals surface area contributed by atoms with Crippen LogP contribution in [0.2, 0.25) is 0 Å². The molecule has 21 heavy (non-hydrogen) atoms. The van der Waals surface area contributed by atoms with Gasteiger partial charge >= 0.3 is 0 Å². The summed E-state index contributed by atoms with van der Waals surface area (Å²) in [5.74, 6) is 6.65. The molecule has 1 aromatic heterocycles. The second kappa shape index (κ2) is 5.02. The van der Waals surface area contributed by atoms with Crippen molar-refractivity contribution in [2.45, 2.75) is 25.3 Å². The van der Waals surface area contributed by atoms with Gasteiger partial charge in [0.2, 0.25) is 0 Å². The van der Waals surface area contributed by atoms with Crippen LogP contribution in [0.4, 0.5) is 0 Å². The van der Waals surface area contributed by atoms with Gasteiger partial charge in [0.1, 0.15) is 17.4 Å². The first-order valence-corrected chi connectivity index (χ1v) is 7.41. The third-order valence-corrected chi connectivity index (χ3v) is 4.35. The standard InChI is InChI=1S/C18H18N2O/c19-20-18(15-9-8-12-5-3-6-13(12)10-15)17-11-14-4-1-2-7-16(14)21-17/h1-2,4,7-11,18,20H,3,5-6,19H2. The molecule has 106 valence electrons. The van der Waals surface area contributed by atoms with Crippen molar-refractivity contribution in [2.75, 3.05) is 0 Å². The van der Waals surface area contributed by atoms with E-state index in [0.29, 0.717) is 0 Å². The van der Waals surface area contributed by atoms with E-state index in [-0.39, 0.29) is 6.04 Å². The summed E-state index contributed by atoms with van der Waals surface area (Å²) in [4.78, 5) is 0. The van der Waals surface area contributed by atoms with Gasteiger partial charge < -0.3 is 4.42 Å². The number of fused-ring (bicyclic) bond motifs is 2. The van der Waals surface area contributed by atoms with E-state index in [1.54, 1.807) is 0 Å². The highest BCUT2D eigenvalue weighted by molar-refractivity contribution is 5.78. The Balaban J connectivity index is 1.77. The first kappa shape index (κ1) is 12.6. The Bertz CT molecular complexity index is 758. The van der Waals surface area contributed by atoms with E-state index in [1.807, 2.05) is 18.2 Å². The van der Waals surface area contributed by atoms with E-state index >= 15 is 0 Å². The normalized spacial score (nSPS) is 15.3. The predicted octanol–water partition coefficient (Wildman–Crippen LogP) is 3.47. The minimum atomic E-state index is -0.108. The Morgan fingerprint density at radius 3 is 2.71 bits per heavy atom. The molecule has 3 N–H and O–H groups in total. The molecule has 1 unspecified atom stereocenters. The van der Waals surface area contributed by atoms with Gasteiger partial charge in [0.05, 0.1) is 0 Å². The number of aryl methyl sites for hydroxylation is 2. The Hall–Kier alpha value is -2.10. The molecule has 3 nitrogen and oxygen atoms in total. The third kappa shape index (κ3) is 2.15. The van der Waals surface area contributed by atoms with Gasteiger partial charge in [-0.25, -0.2) is 5.43 Å². The first-order chi connectivity index (χ1) is 10.3. The van der Waals surface area contributed by atoms with E-state index in [2.05, 4.69) is 35.8 Å². The lowest BCUT2D eigenvalue weighted by atomic mass is 10.00. The van der Waals surface area contributed by atoms with Gasteiger partial charge in [-0.05, 0) is 48.1 Å². The zero-order valence-electron chi connectivity index (χ0n) is 11.8. The fourth-order valence-electron chi connectivity index (χ4n) is 3.26. The van der Waals surface area contributed by atoms with E-state index in [9.17, 15) is 0 Å². The number of nitrogens with two attached hydrogens (primary N) is 1. The van der Waals surface area contributed by atoms with Crippen molar-refractivity contribution in [3.8, 4) is 0 Å². The molecule has 0 fully saturated rings. The summed E-state index contributed by atoms with van der Waals surface area (Å²) in [7, 11) is 0. The Labute approximate surface area is 123 Å². The molecule has 3 aromatic rings. The van der Waals surface area contributed by atoms with Gasteiger partial charge in [-0.2, -0.15) is 0 Å². The topological polar surface area (TPSA) is 51.2 Å². The van der Waals surface area contributed by atoms with Gasteiger partial charge in [0.15, 0.2) is 0 Å². The maximum Gasteiger partial charge on any atom is 0.134 e. The first-order valence-electron chi connectivity index (χ1n) is 7.41. The fourth-order valence-corrected chi connectivity index (χ4v) is 3.26. The van der Waals surface area contributed by atoms with E-state index in [1.165, 1.54) is 30.4 Å². The van der Waals surface area contributed by atoms with Crippen LogP contribution in [0.3, 0.4) is 0 Å². The van der Waals surface area contributed by atoms with Crippen LogP contribution in [-0.2, 0) is 12.8 Å². The second-order valence-corrected chi connectivity index (χ2v) is 5.67. The molecular weight excluding hydrogens is 260 g/mol. The summed E-state index contributed by atoms with van der Waals surface area (Å²) >= 11 is 0. The van der Waals surface area contributed by atoms with Gasteiger partial charge in [0.25, 0.3) is 0 Å². The number of hydrogen-bond donors (Lipinski definition) is 2. The van der Waals surface area contributed by atoms with E-state index in [4.69, 9.17) is 10.3 Å². The van der Waals surface area contributed by atoms with Crippen molar-refractivity contribution in [2.24, 2.45) is 5.84 Å². The smallest absolute Gasteiger partial charge is 0.134 e. The van der Waals surface area contributed by atoms with Crippen molar-refractivity contribution in [1.29, 1.82) is 0 Å². The van der Waals surface area contributed by atoms with Gasteiger partial charge in [0, 0.05) is 5.39 Å². The summed E-state index contributed by atoms with van der Waals surface area (Å²) in [6.45, 7) is 0. The number of para-hydroxylation sites is 1. The van der Waals surface area contributed by atoms with Crippen LogP contribution < -0.4 is 11.3 Å². The fraction of sp³-hybridized carbons (Fsp3) is 0.222. The summed E-state index contributed by atoms with van der Waals surface area (Å²) in [5.41, 5.74) is 7.87. The van der Waals surface area contributed by atoms with Crippen LogP contribution in [0.1, 0.15) is 34.9 Å². The number of hydrazine groups is 1. The molecule has 0 bridgehead atoms. The lowest BCUT2D eigenvalue weighted by molar-refractivity contribution is 0.477. The zero-order valence-corrected chi connectivity index (χ0v) is 11.8. The van der Waals surface area contributed by atoms with Crippen molar-refractivity contribution in [1.82, 2.24) is 5.43 Å². The largest absolute Gasteiger partial charge is 0.459 e. The third-order valence-electron chi connectivity index (χ3n) is 4.35.